The first-order valence-corrected chi connectivity index (χ1v) is 22.0. The topological polar surface area (TPSA) is 19.6 Å². The maximum absolute atomic E-state index is 6.75. The molecule has 0 radical (unpaired) electrons. The molecule has 3 nitrogen and oxygen atoms in total. The molecule has 0 saturated carbocycles. The zero-order chi connectivity index (χ0) is 42.2. The number of rotatable bonds is 7. The van der Waals surface area contributed by atoms with Crippen LogP contribution in [0.3, 0.4) is 0 Å². The van der Waals surface area contributed by atoms with E-state index in [-0.39, 0.29) is 0 Å². The minimum absolute atomic E-state index is 0.620. The van der Waals surface area contributed by atoms with E-state index in [0.29, 0.717) is 0 Å². The average Bonchev–Trinajstić information content (AvgIpc) is 3.99. The third-order valence-corrected chi connectivity index (χ3v) is 13.4. The van der Waals surface area contributed by atoms with Gasteiger partial charge in [0.05, 0.1) is 16.8 Å². The van der Waals surface area contributed by atoms with Gasteiger partial charge in [-0.05, 0) is 123 Å². The summed E-state index contributed by atoms with van der Waals surface area (Å²) in [6, 6.07) is 88.3. The predicted molar refractivity (Wildman–Crippen MR) is 265 cm³/mol. The van der Waals surface area contributed by atoms with E-state index in [1.807, 2.05) is 6.07 Å². The number of nitrogens with zero attached hydrogens (tertiary/aromatic N) is 2. The molecule has 1 aromatic heterocycles. The number of hydrogen-bond acceptors (Lipinski definition) is 3. The molecule has 1 heterocycles. The van der Waals surface area contributed by atoms with Crippen LogP contribution in [0.4, 0.5) is 34.1 Å². The summed E-state index contributed by atoms with van der Waals surface area (Å²) in [7, 11) is 0. The van der Waals surface area contributed by atoms with Crippen molar-refractivity contribution in [1.82, 2.24) is 0 Å². The van der Waals surface area contributed by atoms with Crippen molar-refractivity contribution in [3.63, 3.8) is 0 Å². The standard InChI is InChI=1S/C61H40N2O/c1-5-20-41(21-6-1)51-39-52-47-29-14-17-33-54(47)61(56(52)40-58(51)62(42-22-7-2-8-23-42)43-24-9-3-10-25-43)53-32-16-13-28-46(53)48-37-36-45(38-55(48)61)63(44-26-11-4-12-27-44)57-34-19-31-50-49-30-15-18-35-59(49)64-60(50)57/h1-40H. The first-order valence-electron chi connectivity index (χ1n) is 22.0. The molecule has 0 fully saturated rings. The molecule has 2 aliphatic carbocycles. The Kier molecular flexibility index (Phi) is 8.13. The Morgan fingerprint density at radius 3 is 1.45 bits per heavy atom. The van der Waals surface area contributed by atoms with Crippen molar-refractivity contribution in [1.29, 1.82) is 0 Å². The Morgan fingerprint density at radius 2 is 0.797 bits per heavy atom. The van der Waals surface area contributed by atoms with E-state index >= 15 is 0 Å². The van der Waals surface area contributed by atoms with Crippen LogP contribution in [-0.4, -0.2) is 0 Å². The Balaban J connectivity index is 1.12. The minimum Gasteiger partial charge on any atom is -0.454 e. The second-order valence-electron chi connectivity index (χ2n) is 16.8. The lowest BCUT2D eigenvalue weighted by atomic mass is 9.70. The summed E-state index contributed by atoms with van der Waals surface area (Å²) < 4.78 is 6.75. The van der Waals surface area contributed by atoms with Crippen LogP contribution in [0.2, 0.25) is 0 Å². The highest BCUT2D eigenvalue weighted by molar-refractivity contribution is 6.10. The number of anilines is 6. The maximum Gasteiger partial charge on any atom is 0.159 e. The average molecular weight is 817 g/mol. The van der Waals surface area contributed by atoms with Crippen LogP contribution in [0.1, 0.15) is 22.3 Å². The lowest BCUT2D eigenvalue weighted by Crippen LogP contribution is -2.26. The smallest absolute Gasteiger partial charge is 0.159 e. The van der Waals surface area contributed by atoms with Crippen molar-refractivity contribution in [3.8, 4) is 33.4 Å². The van der Waals surface area contributed by atoms with E-state index in [1.54, 1.807) is 0 Å². The van der Waals surface area contributed by atoms with Crippen molar-refractivity contribution in [2.24, 2.45) is 0 Å². The first-order chi connectivity index (χ1) is 31.8. The van der Waals surface area contributed by atoms with Crippen LogP contribution < -0.4 is 9.80 Å². The third kappa shape index (κ3) is 5.28. The largest absolute Gasteiger partial charge is 0.454 e. The quantitative estimate of drug-likeness (QED) is 0.160. The van der Waals surface area contributed by atoms with Crippen LogP contribution in [-0.2, 0) is 5.41 Å². The van der Waals surface area contributed by atoms with Gasteiger partial charge in [-0.25, -0.2) is 0 Å². The van der Waals surface area contributed by atoms with Crippen LogP contribution in [0, 0.1) is 0 Å². The highest BCUT2D eigenvalue weighted by atomic mass is 16.3. The molecular formula is C61H40N2O. The second-order valence-corrected chi connectivity index (χ2v) is 16.8. The third-order valence-electron chi connectivity index (χ3n) is 13.4. The molecule has 300 valence electrons. The molecule has 3 heteroatoms. The summed E-state index contributed by atoms with van der Waals surface area (Å²) in [6.45, 7) is 0. The van der Waals surface area contributed by atoms with Crippen molar-refractivity contribution in [2.45, 2.75) is 5.41 Å². The van der Waals surface area contributed by atoms with E-state index < -0.39 is 5.41 Å². The van der Waals surface area contributed by atoms with Gasteiger partial charge in [0.25, 0.3) is 0 Å². The summed E-state index contributed by atoms with van der Waals surface area (Å²) in [6.07, 6.45) is 0. The van der Waals surface area contributed by atoms with Gasteiger partial charge in [0.2, 0.25) is 0 Å². The van der Waals surface area contributed by atoms with Crippen LogP contribution in [0.15, 0.2) is 247 Å². The zero-order valence-corrected chi connectivity index (χ0v) is 34.9. The molecular weight excluding hydrogens is 777 g/mol. The molecule has 0 aliphatic heterocycles. The first kappa shape index (κ1) is 36.3. The van der Waals surface area contributed by atoms with Gasteiger partial charge in [-0.1, -0.05) is 170 Å². The number of furan rings is 1. The molecule has 2 aliphatic rings. The van der Waals surface area contributed by atoms with E-state index in [9.17, 15) is 0 Å². The monoisotopic (exact) mass is 816 g/mol. The number of para-hydroxylation sites is 5. The lowest BCUT2D eigenvalue weighted by molar-refractivity contribution is 0.669. The van der Waals surface area contributed by atoms with E-state index in [2.05, 4.69) is 246 Å². The fraction of sp³-hybridized carbons (Fsp3) is 0.0164. The highest BCUT2D eigenvalue weighted by Gasteiger charge is 2.52. The molecule has 1 spiro atoms. The van der Waals surface area contributed by atoms with Gasteiger partial charge in [0.15, 0.2) is 5.58 Å². The van der Waals surface area contributed by atoms with E-state index in [0.717, 1.165) is 56.1 Å². The van der Waals surface area contributed by atoms with Gasteiger partial charge in [0, 0.05) is 39.1 Å². The van der Waals surface area contributed by atoms with Gasteiger partial charge in [-0.15, -0.1) is 0 Å². The van der Waals surface area contributed by atoms with Crippen molar-refractivity contribution in [2.75, 3.05) is 9.80 Å². The molecule has 13 rings (SSSR count). The van der Waals surface area contributed by atoms with Gasteiger partial charge < -0.3 is 14.2 Å². The summed E-state index contributed by atoms with van der Waals surface area (Å²) in [5.41, 5.74) is 20.0. The van der Waals surface area contributed by atoms with Gasteiger partial charge in [-0.3, -0.25) is 0 Å². The predicted octanol–water partition coefficient (Wildman–Crippen LogP) is 16.5. The summed E-state index contributed by atoms with van der Waals surface area (Å²) in [5, 5.41) is 2.21. The fourth-order valence-electron chi connectivity index (χ4n) is 10.8. The van der Waals surface area contributed by atoms with Crippen LogP contribution in [0.25, 0.3) is 55.3 Å². The number of fused-ring (bicyclic) bond motifs is 13. The summed E-state index contributed by atoms with van der Waals surface area (Å²) in [4.78, 5) is 4.81. The lowest BCUT2D eigenvalue weighted by Gasteiger charge is -2.34. The van der Waals surface area contributed by atoms with Gasteiger partial charge in [-0.2, -0.15) is 0 Å². The molecule has 10 aromatic carbocycles. The van der Waals surface area contributed by atoms with Crippen molar-refractivity contribution >= 4 is 56.1 Å². The minimum atomic E-state index is -0.620. The molecule has 64 heavy (non-hydrogen) atoms. The van der Waals surface area contributed by atoms with Crippen molar-refractivity contribution < 1.29 is 4.42 Å². The molecule has 1 atom stereocenters. The second kappa shape index (κ2) is 14.3. The van der Waals surface area contributed by atoms with E-state index in [1.165, 1.54) is 55.6 Å². The molecule has 1 unspecified atom stereocenters. The number of benzene rings is 10. The summed E-state index contributed by atoms with van der Waals surface area (Å²) in [5.74, 6) is 0. The zero-order valence-electron chi connectivity index (χ0n) is 34.9. The maximum atomic E-state index is 6.75. The van der Waals surface area contributed by atoms with Gasteiger partial charge in [0.1, 0.15) is 5.58 Å². The molecule has 0 amide bonds. The molecule has 0 bridgehead atoms. The molecule has 0 saturated heterocycles. The van der Waals surface area contributed by atoms with Gasteiger partial charge >= 0.3 is 0 Å². The van der Waals surface area contributed by atoms with Crippen molar-refractivity contribution in [3.05, 3.63) is 265 Å². The van der Waals surface area contributed by atoms with Crippen LogP contribution in [0.5, 0.6) is 0 Å². The van der Waals surface area contributed by atoms with E-state index in [4.69, 9.17) is 4.42 Å². The normalized spacial score (nSPS) is 14.3. The Morgan fingerprint density at radius 1 is 0.297 bits per heavy atom. The highest BCUT2D eigenvalue weighted by Crippen LogP contribution is 2.65. The molecule has 0 N–H and O–H groups in total. The fourth-order valence-corrected chi connectivity index (χ4v) is 10.8. The number of hydrogen-bond donors (Lipinski definition) is 0. The summed E-state index contributed by atoms with van der Waals surface area (Å²) >= 11 is 0. The Labute approximate surface area is 372 Å². The molecule has 11 aromatic rings. The Bertz CT molecular complexity index is 3520. The Hall–Kier alpha value is -8.40. The van der Waals surface area contributed by atoms with Crippen LogP contribution >= 0.6 is 0 Å². The SMILES string of the molecule is c1ccc(-c2cc3c(cc2N(c2ccccc2)c2ccccc2)C2(c4ccccc4-c4ccc(N(c5ccccc5)c5cccc6c5oc5ccccc56)cc42)c2ccccc2-3)cc1.